The quantitative estimate of drug-likeness (QED) is 0.529. The van der Waals surface area contributed by atoms with Crippen LogP contribution < -0.4 is 0 Å². The molecule has 0 spiro atoms. The Bertz CT molecular complexity index is 318. The second-order valence-corrected chi connectivity index (χ2v) is 8.56. The molecule has 0 fully saturated rings. The Morgan fingerprint density at radius 2 is 1.53 bits per heavy atom. The van der Waals surface area contributed by atoms with Crippen LogP contribution in [-0.2, 0) is 0 Å². The van der Waals surface area contributed by atoms with Crippen LogP contribution >= 0.6 is 58.0 Å². The third kappa shape index (κ3) is 3.01. The largest absolute Gasteiger partial charge is 0.303 e. The lowest BCUT2D eigenvalue weighted by Crippen LogP contribution is -2.57. The summed E-state index contributed by atoms with van der Waals surface area (Å²) in [5.74, 6) is 0. The van der Waals surface area contributed by atoms with E-state index in [1.807, 2.05) is 27.8 Å². The molecule has 1 unspecified atom stereocenters. The molecule has 1 atom stereocenters. The van der Waals surface area contributed by atoms with Gasteiger partial charge in [-0.3, -0.25) is 5.01 Å². The number of alkyl halides is 5. The fourth-order valence-corrected chi connectivity index (χ4v) is 2.36. The zero-order valence-corrected chi connectivity index (χ0v) is 13.7. The molecular formula is C9H14Cl5N3. The van der Waals surface area contributed by atoms with Crippen molar-refractivity contribution < 1.29 is 0 Å². The first-order valence-electron chi connectivity index (χ1n) is 4.89. The summed E-state index contributed by atoms with van der Waals surface area (Å²) in [5.41, 5.74) is -0.170. The van der Waals surface area contributed by atoms with Crippen LogP contribution in [0.25, 0.3) is 0 Å². The van der Waals surface area contributed by atoms with Gasteiger partial charge in [0.25, 0.3) is 0 Å². The van der Waals surface area contributed by atoms with Crippen LogP contribution in [0.2, 0.25) is 0 Å². The average Bonchev–Trinajstić information content (AvgIpc) is 2.44. The summed E-state index contributed by atoms with van der Waals surface area (Å²) >= 11 is 29.8. The summed E-state index contributed by atoms with van der Waals surface area (Å²) in [6.45, 7) is 6.08. The standard InChI is InChI=1S/C9H14Cl5N3/c1-7(2,3)6-16(4)15-5-17(6)9(13,14)8(10,11)12/h5-6H,1-4H3. The van der Waals surface area contributed by atoms with Crippen LogP contribution in [0.1, 0.15) is 20.8 Å². The van der Waals surface area contributed by atoms with Crippen LogP contribution in [0.3, 0.4) is 0 Å². The number of hydrogen-bond acceptors (Lipinski definition) is 3. The van der Waals surface area contributed by atoms with E-state index in [4.69, 9.17) is 58.0 Å². The van der Waals surface area contributed by atoms with Gasteiger partial charge in [0.15, 0.2) is 0 Å². The lowest BCUT2D eigenvalue weighted by molar-refractivity contribution is 0.0414. The highest BCUT2D eigenvalue weighted by molar-refractivity contribution is 6.75. The molecule has 0 aromatic carbocycles. The second-order valence-electron chi connectivity index (χ2n) is 4.99. The molecule has 0 N–H and O–H groups in total. The third-order valence-corrected chi connectivity index (χ3v) is 4.77. The summed E-state index contributed by atoms with van der Waals surface area (Å²) in [7, 11) is 1.81. The first-order chi connectivity index (χ1) is 7.39. The van der Waals surface area contributed by atoms with Gasteiger partial charge in [0.2, 0.25) is 8.25 Å². The van der Waals surface area contributed by atoms with E-state index in [1.54, 1.807) is 9.91 Å². The molecular weight excluding hydrogens is 327 g/mol. The van der Waals surface area contributed by atoms with Crippen LogP contribution in [0.4, 0.5) is 0 Å². The topological polar surface area (TPSA) is 18.8 Å². The predicted octanol–water partition coefficient (Wildman–Crippen LogP) is 4.05. The smallest absolute Gasteiger partial charge is 0.241 e. The molecule has 1 aliphatic rings. The van der Waals surface area contributed by atoms with E-state index in [2.05, 4.69) is 5.10 Å². The highest BCUT2D eigenvalue weighted by Gasteiger charge is 2.55. The number of hydrazone groups is 1. The van der Waals surface area contributed by atoms with Crippen molar-refractivity contribution in [1.82, 2.24) is 9.91 Å². The number of halogens is 5. The number of rotatable bonds is 1. The Morgan fingerprint density at radius 3 is 1.88 bits per heavy atom. The van der Waals surface area contributed by atoms with Crippen molar-refractivity contribution in [2.75, 3.05) is 7.05 Å². The SMILES string of the molecule is CN1N=CN(C(Cl)(Cl)C(Cl)(Cl)Cl)C1C(C)(C)C. The van der Waals surface area contributed by atoms with Crippen LogP contribution in [0.15, 0.2) is 5.10 Å². The molecule has 100 valence electrons. The van der Waals surface area contributed by atoms with E-state index in [-0.39, 0.29) is 11.6 Å². The minimum Gasteiger partial charge on any atom is -0.303 e. The van der Waals surface area contributed by atoms with Crippen molar-refractivity contribution in [2.45, 2.75) is 35.2 Å². The molecule has 0 amide bonds. The summed E-state index contributed by atoms with van der Waals surface area (Å²) in [5, 5.41) is 5.87. The van der Waals surface area contributed by atoms with Gasteiger partial charge in [-0.25, -0.2) is 0 Å². The fourth-order valence-electron chi connectivity index (χ4n) is 1.79. The van der Waals surface area contributed by atoms with Crippen molar-refractivity contribution in [3.63, 3.8) is 0 Å². The maximum Gasteiger partial charge on any atom is 0.241 e. The molecule has 0 bridgehead atoms. The fraction of sp³-hybridized carbons (Fsp3) is 0.889. The Balaban J connectivity index is 3.10. The van der Waals surface area contributed by atoms with Gasteiger partial charge in [0, 0.05) is 12.5 Å². The highest BCUT2D eigenvalue weighted by Crippen LogP contribution is 2.50. The molecule has 3 nitrogen and oxygen atoms in total. The van der Waals surface area contributed by atoms with E-state index >= 15 is 0 Å². The van der Waals surface area contributed by atoms with Crippen LogP contribution in [-0.4, -0.2) is 37.7 Å². The molecule has 0 radical (unpaired) electrons. The van der Waals surface area contributed by atoms with Crippen molar-refractivity contribution >= 4 is 64.3 Å². The zero-order valence-electron chi connectivity index (χ0n) is 9.89. The molecule has 1 rings (SSSR count). The van der Waals surface area contributed by atoms with Gasteiger partial charge in [0.1, 0.15) is 12.5 Å². The van der Waals surface area contributed by atoms with E-state index in [0.29, 0.717) is 0 Å². The molecule has 0 aliphatic carbocycles. The maximum atomic E-state index is 6.16. The predicted molar refractivity (Wildman–Crippen MR) is 76.1 cm³/mol. The summed E-state index contributed by atoms with van der Waals surface area (Å²) in [6, 6.07) is 0. The third-order valence-electron chi connectivity index (χ3n) is 2.42. The van der Waals surface area contributed by atoms with Gasteiger partial charge in [0.05, 0.1) is 0 Å². The molecule has 17 heavy (non-hydrogen) atoms. The molecule has 0 aromatic heterocycles. The monoisotopic (exact) mass is 339 g/mol. The van der Waals surface area contributed by atoms with Crippen LogP contribution in [0, 0.1) is 5.41 Å². The molecule has 0 aromatic rings. The molecule has 1 heterocycles. The number of hydrogen-bond donors (Lipinski definition) is 0. The van der Waals surface area contributed by atoms with Crippen molar-refractivity contribution in [3.05, 3.63) is 0 Å². The molecule has 0 saturated carbocycles. The lowest BCUT2D eigenvalue weighted by Gasteiger charge is -2.45. The van der Waals surface area contributed by atoms with Crippen LogP contribution in [0.5, 0.6) is 0 Å². The van der Waals surface area contributed by atoms with Gasteiger partial charge in [-0.2, -0.15) is 5.10 Å². The molecule has 1 aliphatic heterocycles. The van der Waals surface area contributed by atoms with E-state index in [9.17, 15) is 0 Å². The first-order valence-corrected chi connectivity index (χ1v) is 6.78. The minimum absolute atomic E-state index is 0.170. The Labute approximate surface area is 127 Å². The summed E-state index contributed by atoms with van der Waals surface area (Å²) < 4.78 is -3.54. The normalized spacial score (nSPS) is 22.5. The lowest BCUT2D eigenvalue weighted by atomic mass is 9.91. The molecule has 0 saturated heterocycles. The zero-order chi connectivity index (χ0) is 13.6. The van der Waals surface area contributed by atoms with Gasteiger partial charge in [-0.15, -0.1) is 0 Å². The van der Waals surface area contributed by atoms with Gasteiger partial charge < -0.3 is 4.90 Å². The summed E-state index contributed by atoms with van der Waals surface area (Å²) in [4.78, 5) is 1.54. The maximum absolute atomic E-state index is 6.16. The Hall–Kier alpha value is 0.720. The Morgan fingerprint density at radius 1 is 1.06 bits per heavy atom. The van der Waals surface area contributed by atoms with Gasteiger partial charge in [-0.05, 0) is 0 Å². The first kappa shape index (κ1) is 15.8. The number of nitrogens with zero attached hydrogens (tertiary/aromatic N) is 3. The van der Waals surface area contributed by atoms with Gasteiger partial charge >= 0.3 is 0 Å². The average molecular weight is 341 g/mol. The van der Waals surface area contributed by atoms with Gasteiger partial charge in [-0.1, -0.05) is 78.8 Å². The second kappa shape index (κ2) is 4.68. The summed E-state index contributed by atoms with van der Waals surface area (Å²) in [6.07, 6.45) is 1.28. The Kier molecular flexibility index (Phi) is 4.34. The van der Waals surface area contributed by atoms with Crippen molar-refractivity contribution in [3.8, 4) is 0 Å². The van der Waals surface area contributed by atoms with E-state index in [1.165, 1.54) is 6.34 Å². The van der Waals surface area contributed by atoms with E-state index in [0.717, 1.165) is 0 Å². The highest BCUT2D eigenvalue weighted by atomic mass is 35.6. The minimum atomic E-state index is -1.85. The van der Waals surface area contributed by atoms with Crippen molar-refractivity contribution in [1.29, 1.82) is 0 Å². The van der Waals surface area contributed by atoms with Crippen molar-refractivity contribution in [2.24, 2.45) is 10.5 Å². The van der Waals surface area contributed by atoms with E-state index < -0.39 is 8.25 Å². The molecule has 8 heteroatoms.